The van der Waals surface area contributed by atoms with Crippen molar-refractivity contribution in [3.05, 3.63) is 12.1 Å². The topological polar surface area (TPSA) is 66.9 Å². The number of amides is 1. The Bertz CT molecular complexity index is 731. The number of nitrogens with zero attached hydrogens (tertiary/aromatic N) is 3. The summed E-state index contributed by atoms with van der Waals surface area (Å²) in [5.41, 5.74) is 0.859. The van der Waals surface area contributed by atoms with E-state index in [-0.39, 0.29) is 5.91 Å². The lowest BCUT2D eigenvalue weighted by Crippen LogP contribution is -2.48. The zero-order valence-corrected chi connectivity index (χ0v) is 17.1. The van der Waals surface area contributed by atoms with Gasteiger partial charge >= 0.3 is 0 Å². The Morgan fingerprint density at radius 1 is 1.19 bits per heavy atom. The number of carbonyl (C=O) groups is 1. The van der Waals surface area contributed by atoms with Gasteiger partial charge in [0.25, 0.3) is 0 Å². The van der Waals surface area contributed by atoms with E-state index in [1.165, 1.54) is 0 Å². The number of methoxy groups -OCH3 is 2. The number of hydrogen-bond acceptors (Lipinski definition) is 7. The molecule has 1 aromatic heterocycles. The van der Waals surface area contributed by atoms with Crippen molar-refractivity contribution in [3.63, 3.8) is 0 Å². The molecule has 1 aromatic carbocycles. The number of anilines is 1. The van der Waals surface area contributed by atoms with Crippen LogP contribution in [0.25, 0.3) is 10.2 Å². The molecule has 0 atom stereocenters. The smallest absolute Gasteiger partial charge is 0.220 e. The van der Waals surface area contributed by atoms with Crippen molar-refractivity contribution in [1.29, 1.82) is 0 Å². The molecule has 1 N–H and O–H groups in total. The highest BCUT2D eigenvalue weighted by Crippen LogP contribution is 2.40. The van der Waals surface area contributed by atoms with E-state index >= 15 is 0 Å². The molecule has 0 spiro atoms. The summed E-state index contributed by atoms with van der Waals surface area (Å²) < 4.78 is 12.0. The second-order valence-corrected chi connectivity index (χ2v) is 7.55. The van der Waals surface area contributed by atoms with Crippen molar-refractivity contribution in [3.8, 4) is 11.5 Å². The Balaban J connectivity index is 1.59. The predicted octanol–water partition coefficient (Wildman–Crippen LogP) is 2.35. The van der Waals surface area contributed by atoms with Gasteiger partial charge in [-0.15, -0.1) is 0 Å². The van der Waals surface area contributed by atoms with Gasteiger partial charge in [-0.25, -0.2) is 4.98 Å². The minimum atomic E-state index is 0.147. The highest BCUT2D eigenvalue weighted by Gasteiger charge is 2.22. The van der Waals surface area contributed by atoms with E-state index in [0.717, 1.165) is 66.0 Å². The van der Waals surface area contributed by atoms with Crippen molar-refractivity contribution < 1.29 is 14.3 Å². The lowest BCUT2D eigenvalue weighted by molar-refractivity contribution is -0.121. The molecule has 0 saturated carbocycles. The van der Waals surface area contributed by atoms with Crippen molar-refractivity contribution >= 4 is 32.6 Å². The van der Waals surface area contributed by atoms with E-state index in [9.17, 15) is 4.79 Å². The van der Waals surface area contributed by atoms with Gasteiger partial charge in [0.2, 0.25) is 5.91 Å². The van der Waals surface area contributed by atoms with Crippen LogP contribution < -0.4 is 19.7 Å². The van der Waals surface area contributed by atoms with Crippen LogP contribution in [0.2, 0.25) is 0 Å². The summed E-state index contributed by atoms with van der Waals surface area (Å²) in [5.74, 6) is 1.75. The molecule has 0 radical (unpaired) electrons. The first-order valence-corrected chi connectivity index (χ1v) is 10.2. The van der Waals surface area contributed by atoms with Crippen LogP contribution in [0.4, 0.5) is 5.13 Å². The van der Waals surface area contributed by atoms with Crippen molar-refractivity contribution in [2.75, 3.05) is 58.4 Å². The normalized spacial score (nSPS) is 15.1. The number of carbonyl (C=O) groups excluding carboxylic acids is 1. The van der Waals surface area contributed by atoms with Gasteiger partial charge in [0.05, 0.1) is 14.2 Å². The fraction of sp³-hybridized carbons (Fsp3) is 0.579. The van der Waals surface area contributed by atoms with E-state index < -0.39 is 0 Å². The zero-order chi connectivity index (χ0) is 19.2. The van der Waals surface area contributed by atoms with Crippen LogP contribution in [0, 0.1) is 0 Å². The summed E-state index contributed by atoms with van der Waals surface area (Å²) in [7, 11) is 3.34. The van der Waals surface area contributed by atoms with E-state index in [1.807, 2.05) is 19.1 Å². The third-order valence-electron chi connectivity index (χ3n) is 4.77. The summed E-state index contributed by atoms with van der Waals surface area (Å²) in [4.78, 5) is 21.1. The lowest BCUT2D eigenvalue weighted by Gasteiger charge is -2.34. The summed E-state index contributed by atoms with van der Waals surface area (Å²) in [6, 6.07) is 3.82. The highest BCUT2D eigenvalue weighted by atomic mass is 32.1. The molecular formula is C19H28N4O3S. The Morgan fingerprint density at radius 3 is 2.56 bits per heavy atom. The monoisotopic (exact) mass is 392 g/mol. The molecule has 0 unspecified atom stereocenters. The fourth-order valence-electron chi connectivity index (χ4n) is 3.24. The second kappa shape index (κ2) is 9.23. The number of ether oxygens (including phenoxy) is 2. The molecule has 2 heterocycles. The zero-order valence-electron chi connectivity index (χ0n) is 16.3. The van der Waals surface area contributed by atoms with E-state index in [4.69, 9.17) is 14.5 Å². The molecule has 3 rings (SSSR count). The third kappa shape index (κ3) is 4.62. The van der Waals surface area contributed by atoms with Gasteiger partial charge in [-0.3, -0.25) is 9.69 Å². The van der Waals surface area contributed by atoms with Crippen LogP contribution >= 0.6 is 11.3 Å². The van der Waals surface area contributed by atoms with Crippen LogP contribution in [0.3, 0.4) is 0 Å². The van der Waals surface area contributed by atoms with Crippen molar-refractivity contribution in [2.24, 2.45) is 0 Å². The standard InChI is InChI=1S/C19H28N4O3S/c1-4-5-16(24)20-8-9-22-10-12-23(13-11-22)19-21-17-14(25-2)6-7-15(26-3)18(17)27-19/h6-7H,4-5,8-13H2,1-3H3,(H,20,24). The molecule has 27 heavy (non-hydrogen) atoms. The maximum absolute atomic E-state index is 11.5. The quantitative estimate of drug-likeness (QED) is 0.744. The molecule has 1 aliphatic heterocycles. The molecule has 8 heteroatoms. The fourth-order valence-corrected chi connectivity index (χ4v) is 4.37. The van der Waals surface area contributed by atoms with Crippen molar-refractivity contribution in [2.45, 2.75) is 19.8 Å². The first-order valence-electron chi connectivity index (χ1n) is 9.41. The number of nitrogens with one attached hydrogen (secondary N) is 1. The minimum absolute atomic E-state index is 0.147. The Kier molecular flexibility index (Phi) is 6.73. The molecule has 7 nitrogen and oxygen atoms in total. The number of aromatic nitrogens is 1. The van der Waals surface area contributed by atoms with Crippen molar-refractivity contribution in [1.82, 2.24) is 15.2 Å². The maximum Gasteiger partial charge on any atom is 0.220 e. The van der Waals surface area contributed by atoms with Gasteiger partial charge in [-0.2, -0.15) is 0 Å². The maximum atomic E-state index is 11.5. The van der Waals surface area contributed by atoms with E-state index in [1.54, 1.807) is 25.6 Å². The summed E-state index contributed by atoms with van der Waals surface area (Å²) in [6.07, 6.45) is 1.50. The molecule has 0 bridgehead atoms. The number of fused-ring (bicyclic) bond motifs is 1. The van der Waals surface area contributed by atoms with Crippen LogP contribution in [0.5, 0.6) is 11.5 Å². The number of rotatable bonds is 8. The van der Waals surface area contributed by atoms with Gasteiger partial charge in [-0.05, 0) is 18.6 Å². The number of thiazole rings is 1. The van der Waals surface area contributed by atoms with Crippen LogP contribution in [-0.4, -0.2) is 69.3 Å². The minimum Gasteiger partial charge on any atom is -0.495 e. The molecule has 1 fully saturated rings. The third-order valence-corrected chi connectivity index (χ3v) is 5.90. The van der Waals surface area contributed by atoms with Gasteiger partial charge < -0.3 is 19.7 Å². The average Bonchev–Trinajstić information content (AvgIpc) is 3.13. The molecule has 148 valence electrons. The summed E-state index contributed by atoms with van der Waals surface area (Å²) in [6.45, 7) is 7.41. The lowest BCUT2D eigenvalue weighted by atomic mass is 10.3. The second-order valence-electron chi connectivity index (χ2n) is 6.57. The van der Waals surface area contributed by atoms with E-state index in [0.29, 0.717) is 13.0 Å². The Labute approximate surface area is 164 Å². The molecule has 1 aliphatic rings. The van der Waals surface area contributed by atoms with Gasteiger partial charge in [0.15, 0.2) is 5.13 Å². The number of benzene rings is 1. The Hall–Kier alpha value is -2.06. The first-order chi connectivity index (χ1) is 13.2. The SMILES string of the molecule is CCCC(=O)NCCN1CCN(c2nc3c(OC)ccc(OC)c3s2)CC1. The molecular weight excluding hydrogens is 364 g/mol. The molecule has 2 aromatic rings. The molecule has 1 amide bonds. The largest absolute Gasteiger partial charge is 0.495 e. The summed E-state index contributed by atoms with van der Waals surface area (Å²) in [5, 5.41) is 3.99. The van der Waals surface area contributed by atoms with Crippen LogP contribution in [-0.2, 0) is 4.79 Å². The molecule has 0 aliphatic carbocycles. The first kappa shape index (κ1) is 19.7. The highest BCUT2D eigenvalue weighted by molar-refractivity contribution is 7.22. The van der Waals surface area contributed by atoms with Gasteiger partial charge in [0.1, 0.15) is 21.7 Å². The number of hydrogen-bond donors (Lipinski definition) is 1. The summed E-state index contributed by atoms with van der Waals surface area (Å²) >= 11 is 1.65. The van der Waals surface area contributed by atoms with Gasteiger partial charge in [0, 0.05) is 45.7 Å². The molecule has 1 saturated heterocycles. The van der Waals surface area contributed by atoms with Crippen LogP contribution in [0.1, 0.15) is 19.8 Å². The van der Waals surface area contributed by atoms with Crippen LogP contribution in [0.15, 0.2) is 12.1 Å². The average molecular weight is 393 g/mol. The predicted molar refractivity (Wildman–Crippen MR) is 109 cm³/mol. The van der Waals surface area contributed by atoms with E-state index in [2.05, 4.69) is 15.1 Å². The Morgan fingerprint density at radius 2 is 1.89 bits per heavy atom. The number of piperazine rings is 1. The van der Waals surface area contributed by atoms with Gasteiger partial charge in [-0.1, -0.05) is 18.3 Å².